The van der Waals surface area contributed by atoms with Gasteiger partial charge in [0.1, 0.15) is 0 Å². The first-order valence-corrected chi connectivity index (χ1v) is 12.2. The van der Waals surface area contributed by atoms with E-state index in [0.717, 1.165) is 28.4 Å². The summed E-state index contributed by atoms with van der Waals surface area (Å²) in [6.07, 6.45) is 0.596. The van der Waals surface area contributed by atoms with Crippen molar-refractivity contribution < 1.29 is 26.4 Å². The number of hydrogen-bond acceptors (Lipinski definition) is 5. The van der Waals surface area contributed by atoms with Crippen molar-refractivity contribution >= 4 is 55.9 Å². The maximum atomic E-state index is 15.1. The lowest BCUT2D eigenvalue weighted by atomic mass is 9.99. The molecule has 2 aromatic carbocycles. The number of nitrogens with two attached hydrogens (primary N) is 1. The average molecular weight is 605 g/mol. The molecule has 0 fully saturated rings. The molecule has 0 saturated carbocycles. The Bertz CT molecular complexity index is 1390. The van der Waals surface area contributed by atoms with Crippen molar-refractivity contribution in [2.45, 2.75) is 13.3 Å². The van der Waals surface area contributed by atoms with Gasteiger partial charge in [0.05, 0.1) is 11.3 Å². The molecule has 0 atom stereocenters. The Balaban J connectivity index is 2.04. The fourth-order valence-corrected chi connectivity index (χ4v) is 4.25. The van der Waals surface area contributed by atoms with Gasteiger partial charge < -0.3 is 11.1 Å². The number of benzene rings is 2. The molecule has 1 aromatic heterocycles. The van der Waals surface area contributed by atoms with E-state index in [1.54, 1.807) is 19.1 Å². The molecule has 0 spiro atoms. The van der Waals surface area contributed by atoms with Crippen molar-refractivity contribution in [1.29, 1.82) is 0 Å². The number of amides is 1. The fraction of sp³-hybridized carbons (Fsp3) is 0.143. The SMILES string of the molecule is CNS(=O)(=O)Nc1nccc(Cc2cc(C(N)=O)c(Nc3ccc(I)cc3C)c(F)c2F)c1F. The van der Waals surface area contributed by atoms with Crippen LogP contribution in [-0.2, 0) is 16.6 Å². The normalized spacial score (nSPS) is 11.4. The van der Waals surface area contributed by atoms with Gasteiger partial charge in [0.25, 0.3) is 16.1 Å². The molecule has 0 unspecified atom stereocenters. The Kier molecular flexibility index (Phi) is 7.67. The van der Waals surface area contributed by atoms with Gasteiger partial charge in [0.15, 0.2) is 23.3 Å². The van der Waals surface area contributed by atoms with Crippen LogP contribution >= 0.6 is 22.6 Å². The van der Waals surface area contributed by atoms with Crippen molar-refractivity contribution in [3.8, 4) is 0 Å². The number of aromatic nitrogens is 1. The van der Waals surface area contributed by atoms with Gasteiger partial charge in [-0.1, -0.05) is 0 Å². The Morgan fingerprint density at radius 3 is 2.41 bits per heavy atom. The lowest BCUT2D eigenvalue weighted by Gasteiger charge is -2.17. The third kappa shape index (κ3) is 5.59. The topological polar surface area (TPSA) is 126 Å². The van der Waals surface area contributed by atoms with Gasteiger partial charge in [-0.25, -0.2) is 22.9 Å². The smallest absolute Gasteiger partial charge is 0.300 e. The van der Waals surface area contributed by atoms with Gasteiger partial charge in [-0.2, -0.15) is 8.42 Å². The highest BCUT2D eigenvalue weighted by Crippen LogP contribution is 2.32. The molecule has 0 aliphatic heterocycles. The molecule has 0 saturated heterocycles. The van der Waals surface area contributed by atoms with E-state index in [1.807, 2.05) is 15.5 Å². The lowest BCUT2D eigenvalue weighted by Crippen LogP contribution is -2.27. The molecule has 5 N–H and O–H groups in total. The molecule has 13 heteroatoms. The summed E-state index contributed by atoms with van der Waals surface area (Å²) in [5.74, 6) is -5.42. The largest absolute Gasteiger partial charge is 0.366 e. The van der Waals surface area contributed by atoms with Gasteiger partial charge in [-0.15, -0.1) is 0 Å². The standard InChI is InChI=1S/C21H19F3IN5O3S/c1-10-7-13(25)3-4-15(10)29-19-14(20(26)31)9-12(16(22)18(19)24)8-11-5-6-28-21(17(11)23)30-34(32,33)27-2/h3-7,9,27,29H,8H2,1-2H3,(H2,26,31)(H,28,30). The molecular formula is C21H19F3IN5O3S. The van der Waals surface area contributed by atoms with Gasteiger partial charge >= 0.3 is 0 Å². The summed E-state index contributed by atoms with van der Waals surface area (Å²) in [7, 11) is -2.95. The number of hydrogen-bond donors (Lipinski definition) is 4. The van der Waals surface area contributed by atoms with Crippen molar-refractivity contribution in [3.05, 3.63) is 79.8 Å². The zero-order valence-electron chi connectivity index (χ0n) is 17.8. The highest BCUT2D eigenvalue weighted by atomic mass is 127. The zero-order chi connectivity index (χ0) is 25.2. The van der Waals surface area contributed by atoms with Crippen LogP contribution in [0.3, 0.4) is 0 Å². The van der Waals surface area contributed by atoms with Crippen LogP contribution in [0, 0.1) is 27.9 Å². The molecule has 0 radical (unpaired) electrons. The number of primary amides is 1. The summed E-state index contributed by atoms with van der Waals surface area (Å²) >= 11 is 2.10. The molecule has 34 heavy (non-hydrogen) atoms. The van der Waals surface area contributed by atoms with E-state index < -0.39 is 51.5 Å². The van der Waals surface area contributed by atoms with Crippen molar-refractivity contribution in [1.82, 2.24) is 9.71 Å². The van der Waals surface area contributed by atoms with Crippen LogP contribution in [0.25, 0.3) is 0 Å². The van der Waals surface area contributed by atoms with Crippen LogP contribution in [0.5, 0.6) is 0 Å². The van der Waals surface area contributed by atoms with Gasteiger partial charge in [0.2, 0.25) is 0 Å². The second-order valence-electron chi connectivity index (χ2n) is 7.15. The summed E-state index contributed by atoms with van der Waals surface area (Å²) in [6, 6.07) is 7.40. The number of anilines is 3. The number of aryl methyl sites for hydroxylation is 1. The highest BCUT2D eigenvalue weighted by Gasteiger charge is 2.24. The predicted molar refractivity (Wildman–Crippen MR) is 131 cm³/mol. The fourth-order valence-electron chi connectivity index (χ4n) is 3.10. The van der Waals surface area contributed by atoms with Crippen LogP contribution in [-0.4, -0.2) is 26.4 Å². The number of rotatable bonds is 8. The van der Waals surface area contributed by atoms with Gasteiger partial charge in [0, 0.05) is 28.9 Å². The molecule has 0 aliphatic carbocycles. The molecule has 1 amide bonds. The monoisotopic (exact) mass is 605 g/mol. The summed E-state index contributed by atoms with van der Waals surface area (Å²) in [5.41, 5.74) is 5.25. The van der Waals surface area contributed by atoms with Crippen molar-refractivity contribution in [2.24, 2.45) is 5.73 Å². The van der Waals surface area contributed by atoms with Gasteiger partial charge in [-0.3, -0.25) is 9.52 Å². The van der Waals surface area contributed by atoms with E-state index in [4.69, 9.17) is 5.73 Å². The van der Waals surface area contributed by atoms with E-state index in [9.17, 15) is 22.0 Å². The quantitative estimate of drug-likeness (QED) is 0.292. The third-order valence-electron chi connectivity index (χ3n) is 4.85. The molecule has 1 heterocycles. The number of nitrogens with zero attached hydrogens (tertiary/aromatic N) is 1. The average Bonchev–Trinajstić information content (AvgIpc) is 2.77. The summed E-state index contributed by atoms with van der Waals surface area (Å²) in [4.78, 5) is 15.7. The third-order valence-corrected chi connectivity index (χ3v) is 6.52. The maximum absolute atomic E-state index is 15.1. The Labute approximate surface area is 207 Å². The minimum Gasteiger partial charge on any atom is -0.366 e. The Morgan fingerprint density at radius 2 is 1.79 bits per heavy atom. The first-order chi connectivity index (χ1) is 15.9. The van der Waals surface area contributed by atoms with Crippen LogP contribution < -0.4 is 20.5 Å². The Hall–Kier alpha value is -2.91. The van der Waals surface area contributed by atoms with E-state index >= 15 is 4.39 Å². The summed E-state index contributed by atoms with van der Waals surface area (Å²) in [6.45, 7) is 1.75. The molecule has 8 nitrogen and oxygen atoms in total. The second-order valence-corrected chi connectivity index (χ2v) is 10.0. The first kappa shape index (κ1) is 25.7. The van der Waals surface area contributed by atoms with E-state index in [2.05, 4.69) is 32.9 Å². The van der Waals surface area contributed by atoms with Crippen LogP contribution in [0.15, 0.2) is 36.5 Å². The number of halogens is 4. The lowest BCUT2D eigenvalue weighted by molar-refractivity contribution is 0.100. The van der Waals surface area contributed by atoms with Crippen molar-refractivity contribution in [3.63, 3.8) is 0 Å². The number of pyridine rings is 1. The number of carbonyl (C=O) groups is 1. The van der Waals surface area contributed by atoms with Crippen LogP contribution in [0.2, 0.25) is 0 Å². The number of nitrogens with one attached hydrogen (secondary N) is 3. The van der Waals surface area contributed by atoms with Crippen LogP contribution in [0.1, 0.15) is 27.0 Å². The molecule has 0 aliphatic rings. The summed E-state index contributed by atoms with van der Waals surface area (Å²) < 4.78 is 72.9. The molecular weight excluding hydrogens is 586 g/mol. The summed E-state index contributed by atoms with van der Waals surface area (Å²) in [5, 5.41) is 2.72. The molecule has 3 rings (SSSR count). The van der Waals surface area contributed by atoms with E-state index in [-0.39, 0.29) is 16.7 Å². The zero-order valence-corrected chi connectivity index (χ0v) is 20.8. The molecule has 0 bridgehead atoms. The molecule has 180 valence electrons. The van der Waals surface area contributed by atoms with Crippen molar-refractivity contribution in [2.75, 3.05) is 17.1 Å². The maximum Gasteiger partial charge on any atom is 0.300 e. The highest BCUT2D eigenvalue weighted by molar-refractivity contribution is 14.1. The Morgan fingerprint density at radius 1 is 1.09 bits per heavy atom. The predicted octanol–water partition coefficient (Wildman–Crippen LogP) is 3.72. The minimum atomic E-state index is -4.07. The van der Waals surface area contributed by atoms with Gasteiger partial charge in [-0.05, 0) is 76.5 Å². The first-order valence-electron chi connectivity index (χ1n) is 9.62. The number of carbonyl (C=O) groups excluding carboxylic acids is 1. The van der Waals surface area contributed by atoms with Crippen LogP contribution in [0.4, 0.5) is 30.4 Å². The molecule has 3 aromatic rings. The minimum absolute atomic E-state index is 0.188. The van der Waals surface area contributed by atoms with E-state index in [0.29, 0.717) is 5.69 Å². The second kappa shape index (κ2) is 10.1. The van der Waals surface area contributed by atoms with E-state index in [1.165, 1.54) is 6.07 Å².